The van der Waals surface area contributed by atoms with Gasteiger partial charge in [0.25, 0.3) is 0 Å². The molecule has 35 heavy (non-hydrogen) atoms. The van der Waals surface area contributed by atoms with Gasteiger partial charge >= 0.3 is 5.97 Å². The third-order valence-electron chi connectivity index (χ3n) is 7.02. The molecule has 1 aliphatic heterocycles. The van der Waals surface area contributed by atoms with Crippen LogP contribution in [0.25, 0.3) is 11.0 Å². The second kappa shape index (κ2) is 10.5. The number of amides is 1. The van der Waals surface area contributed by atoms with Gasteiger partial charge in [0.2, 0.25) is 5.91 Å². The van der Waals surface area contributed by atoms with E-state index in [2.05, 4.69) is 22.8 Å². The highest BCUT2D eigenvalue weighted by molar-refractivity contribution is 6.11. The van der Waals surface area contributed by atoms with Crippen LogP contribution in [0.3, 0.4) is 0 Å². The molecule has 0 bridgehead atoms. The predicted molar refractivity (Wildman–Crippen MR) is 135 cm³/mol. The molecular weight excluding hydrogens is 444 g/mol. The largest absolute Gasteiger partial charge is 0.464 e. The first kappa shape index (κ1) is 23.4. The Morgan fingerprint density at radius 3 is 2.69 bits per heavy atom. The molecule has 184 valence electrons. The number of nitrogens with zero attached hydrogens (tertiary/aromatic N) is 2. The number of ether oxygens (including phenoxy) is 2. The lowest BCUT2D eigenvalue weighted by atomic mass is 10.1. The van der Waals surface area contributed by atoms with Crippen LogP contribution in [0.5, 0.6) is 0 Å². The summed E-state index contributed by atoms with van der Waals surface area (Å²) in [5.74, 6) is -0.890. The fraction of sp³-hybridized carbons (Fsp3) is 0.444. The zero-order chi connectivity index (χ0) is 24.2. The quantitative estimate of drug-likeness (QED) is 0.468. The monoisotopic (exact) mass is 476 g/mol. The number of nitrogens with one attached hydrogen (secondary N) is 2. The summed E-state index contributed by atoms with van der Waals surface area (Å²) in [5.41, 5.74) is 3.46. The summed E-state index contributed by atoms with van der Waals surface area (Å²) in [6.45, 7) is 1.48. The highest BCUT2D eigenvalue weighted by Gasteiger charge is 2.30. The van der Waals surface area contributed by atoms with Crippen LogP contribution in [0.15, 0.2) is 42.6 Å². The van der Waals surface area contributed by atoms with E-state index in [0.717, 1.165) is 29.5 Å². The number of benzene rings is 1. The van der Waals surface area contributed by atoms with Gasteiger partial charge in [-0.05, 0) is 37.3 Å². The minimum absolute atomic E-state index is 0.149. The summed E-state index contributed by atoms with van der Waals surface area (Å²) in [6.07, 6.45) is 7.91. The van der Waals surface area contributed by atoms with E-state index in [1.807, 2.05) is 35.0 Å². The fourth-order valence-corrected chi connectivity index (χ4v) is 5.12. The van der Waals surface area contributed by atoms with Crippen molar-refractivity contribution in [3.05, 3.63) is 53.9 Å². The normalized spacial score (nSPS) is 18.1. The number of methoxy groups -OCH3 is 1. The zero-order valence-electron chi connectivity index (χ0n) is 20.1. The van der Waals surface area contributed by atoms with Crippen molar-refractivity contribution in [3.63, 3.8) is 0 Å². The molecule has 1 aliphatic carbocycles. The molecular formula is C27H32N4O4. The van der Waals surface area contributed by atoms with E-state index in [9.17, 15) is 9.59 Å². The Morgan fingerprint density at radius 2 is 1.97 bits per heavy atom. The van der Waals surface area contributed by atoms with Crippen LogP contribution in [0.2, 0.25) is 0 Å². The van der Waals surface area contributed by atoms with E-state index in [1.54, 1.807) is 0 Å². The number of fused-ring (bicyclic) bond motifs is 1. The van der Waals surface area contributed by atoms with E-state index in [1.165, 1.54) is 20.0 Å². The van der Waals surface area contributed by atoms with E-state index in [-0.39, 0.29) is 11.8 Å². The Hall–Kier alpha value is -3.39. The number of pyridine rings is 1. The third-order valence-corrected chi connectivity index (χ3v) is 7.02. The maximum atomic E-state index is 13.1. The number of rotatable bonds is 8. The number of esters is 1. The molecule has 5 rings (SSSR count). The Bertz CT molecular complexity index is 1190. The zero-order valence-corrected chi connectivity index (χ0v) is 20.1. The topological polar surface area (TPSA) is 94.5 Å². The number of aromatic nitrogens is 2. The van der Waals surface area contributed by atoms with E-state index in [4.69, 9.17) is 14.5 Å². The van der Waals surface area contributed by atoms with Crippen molar-refractivity contribution in [2.45, 2.75) is 51.1 Å². The molecule has 2 aliphatic rings. The first-order valence-corrected chi connectivity index (χ1v) is 12.4. The maximum Gasteiger partial charge on any atom is 0.356 e. The molecule has 0 spiro atoms. The third kappa shape index (κ3) is 5.03. The van der Waals surface area contributed by atoms with E-state index in [0.29, 0.717) is 55.7 Å². The number of carbonyl (C=O) groups is 2. The molecule has 1 atom stereocenters. The summed E-state index contributed by atoms with van der Waals surface area (Å²) in [6, 6.07) is 12.5. The van der Waals surface area contributed by atoms with Gasteiger partial charge in [0.05, 0.1) is 37.2 Å². The molecule has 1 aromatic carbocycles. The molecule has 1 saturated carbocycles. The van der Waals surface area contributed by atoms with Crippen molar-refractivity contribution in [1.29, 1.82) is 0 Å². The van der Waals surface area contributed by atoms with Crippen LogP contribution in [0.1, 0.15) is 48.2 Å². The average Bonchev–Trinajstić information content (AvgIpc) is 3.65. The lowest BCUT2D eigenvalue weighted by molar-refractivity contribution is -0.119. The lowest BCUT2D eigenvalue weighted by Gasteiger charge is -2.13. The molecule has 2 aromatic heterocycles. The van der Waals surface area contributed by atoms with Crippen molar-refractivity contribution >= 4 is 34.3 Å². The first-order valence-electron chi connectivity index (χ1n) is 12.4. The Morgan fingerprint density at radius 1 is 1.17 bits per heavy atom. The van der Waals surface area contributed by atoms with Crippen LogP contribution in [-0.4, -0.2) is 47.8 Å². The van der Waals surface area contributed by atoms with Gasteiger partial charge in [0.15, 0.2) is 5.69 Å². The van der Waals surface area contributed by atoms with Crippen LogP contribution >= 0.6 is 0 Å². The van der Waals surface area contributed by atoms with Gasteiger partial charge in [0.1, 0.15) is 5.65 Å². The van der Waals surface area contributed by atoms with Gasteiger partial charge in [-0.1, -0.05) is 43.2 Å². The SMILES string of the molecule is COC(=O)c1c(NC(=O)C2CCOC2)c2cc(NC3CCCC3)cnc2n1CCc1ccccc1. The van der Waals surface area contributed by atoms with Crippen LogP contribution < -0.4 is 10.6 Å². The molecule has 1 unspecified atom stereocenters. The number of aryl methyl sites for hydroxylation is 2. The summed E-state index contributed by atoms with van der Waals surface area (Å²) >= 11 is 0. The molecule has 2 N–H and O–H groups in total. The van der Waals surface area contributed by atoms with Crippen LogP contribution in [-0.2, 0) is 27.2 Å². The summed E-state index contributed by atoms with van der Waals surface area (Å²) in [7, 11) is 1.36. The molecule has 3 heterocycles. The van der Waals surface area contributed by atoms with Crippen LogP contribution in [0.4, 0.5) is 11.4 Å². The Labute approximate surface area is 205 Å². The second-order valence-electron chi connectivity index (χ2n) is 9.37. The Kier molecular flexibility index (Phi) is 6.99. The van der Waals surface area contributed by atoms with Gasteiger partial charge in [-0.25, -0.2) is 9.78 Å². The number of carbonyl (C=O) groups excluding carboxylic acids is 2. The van der Waals surface area contributed by atoms with Crippen molar-refractivity contribution in [1.82, 2.24) is 9.55 Å². The average molecular weight is 477 g/mol. The van der Waals surface area contributed by atoms with Gasteiger partial charge in [-0.15, -0.1) is 0 Å². The highest BCUT2D eigenvalue weighted by atomic mass is 16.5. The summed E-state index contributed by atoms with van der Waals surface area (Å²) < 4.78 is 12.4. The molecule has 8 nitrogen and oxygen atoms in total. The summed E-state index contributed by atoms with van der Waals surface area (Å²) in [5, 5.41) is 7.35. The van der Waals surface area contributed by atoms with E-state index >= 15 is 0 Å². The molecule has 8 heteroatoms. The molecule has 1 saturated heterocycles. The standard InChI is InChI=1S/C27H32N4O4/c1-34-27(33)24-23(30-26(32)19-12-14-35-17-19)22-15-21(29-20-9-5-6-10-20)16-28-25(22)31(24)13-11-18-7-3-2-4-8-18/h2-4,7-8,15-16,19-20,29H,5-6,9-14,17H2,1H3,(H,30,32). The summed E-state index contributed by atoms with van der Waals surface area (Å²) in [4.78, 5) is 30.9. The fourth-order valence-electron chi connectivity index (χ4n) is 5.12. The highest BCUT2D eigenvalue weighted by Crippen LogP contribution is 2.34. The molecule has 1 amide bonds. The van der Waals surface area contributed by atoms with E-state index < -0.39 is 5.97 Å². The molecule has 3 aromatic rings. The van der Waals surface area contributed by atoms with Gasteiger partial charge < -0.3 is 24.7 Å². The lowest BCUT2D eigenvalue weighted by Crippen LogP contribution is -2.24. The van der Waals surface area contributed by atoms with Gasteiger partial charge in [0, 0.05) is 24.6 Å². The van der Waals surface area contributed by atoms with Crippen molar-refractivity contribution in [3.8, 4) is 0 Å². The van der Waals surface area contributed by atoms with Gasteiger partial charge in [-0.3, -0.25) is 4.79 Å². The second-order valence-corrected chi connectivity index (χ2v) is 9.37. The number of anilines is 2. The molecule has 0 radical (unpaired) electrons. The number of hydrogen-bond donors (Lipinski definition) is 2. The van der Waals surface area contributed by atoms with Crippen molar-refractivity contribution < 1.29 is 19.1 Å². The Balaban J connectivity index is 1.56. The van der Waals surface area contributed by atoms with Gasteiger partial charge in [-0.2, -0.15) is 0 Å². The first-order chi connectivity index (χ1) is 17.1. The smallest absolute Gasteiger partial charge is 0.356 e. The maximum absolute atomic E-state index is 13.1. The minimum Gasteiger partial charge on any atom is -0.464 e. The van der Waals surface area contributed by atoms with Crippen molar-refractivity contribution in [2.24, 2.45) is 5.92 Å². The predicted octanol–water partition coefficient (Wildman–Crippen LogP) is 4.40. The van der Waals surface area contributed by atoms with Crippen LogP contribution in [0, 0.1) is 5.92 Å². The molecule has 2 fully saturated rings. The number of hydrogen-bond acceptors (Lipinski definition) is 6. The van der Waals surface area contributed by atoms with Crippen molar-refractivity contribution in [2.75, 3.05) is 31.0 Å². The minimum atomic E-state index is -0.501.